The third-order valence-electron chi connectivity index (χ3n) is 5.04. The van der Waals surface area contributed by atoms with Gasteiger partial charge in [0.2, 0.25) is 0 Å². The molecule has 26 heavy (non-hydrogen) atoms. The maximum atomic E-state index is 12.7. The largest absolute Gasteiger partial charge is 0.385 e. The van der Waals surface area contributed by atoms with Crippen molar-refractivity contribution in [3.8, 4) is 0 Å². The molecule has 1 aliphatic rings. The van der Waals surface area contributed by atoms with Crippen LogP contribution in [0.15, 0.2) is 18.3 Å². The van der Waals surface area contributed by atoms with Gasteiger partial charge >= 0.3 is 0 Å². The van der Waals surface area contributed by atoms with Crippen molar-refractivity contribution in [2.45, 2.75) is 58.1 Å². The fourth-order valence-corrected chi connectivity index (χ4v) is 3.66. The SMILES string of the molecule is COCCCOC1CCC(NC(=O)c2ccn3c(C)cc(C)nc23)CC1. The predicted molar refractivity (Wildman–Crippen MR) is 101 cm³/mol. The lowest BCUT2D eigenvalue weighted by Crippen LogP contribution is -2.39. The highest BCUT2D eigenvalue weighted by Gasteiger charge is 2.24. The summed E-state index contributed by atoms with van der Waals surface area (Å²) >= 11 is 0. The zero-order valence-electron chi connectivity index (χ0n) is 16.0. The molecule has 0 bridgehead atoms. The summed E-state index contributed by atoms with van der Waals surface area (Å²) in [5.74, 6) is -0.0329. The average molecular weight is 359 g/mol. The minimum atomic E-state index is -0.0329. The fourth-order valence-electron chi connectivity index (χ4n) is 3.66. The van der Waals surface area contributed by atoms with Crippen molar-refractivity contribution in [3.63, 3.8) is 0 Å². The summed E-state index contributed by atoms with van der Waals surface area (Å²) in [4.78, 5) is 17.3. The smallest absolute Gasteiger partial charge is 0.255 e. The van der Waals surface area contributed by atoms with Crippen LogP contribution in [0.4, 0.5) is 0 Å². The van der Waals surface area contributed by atoms with E-state index in [2.05, 4.69) is 10.3 Å². The molecule has 0 atom stereocenters. The quantitative estimate of drug-likeness (QED) is 0.772. The van der Waals surface area contributed by atoms with Gasteiger partial charge in [0.05, 0.1) is 11.7 Å². The molecule has 1 fully saturated rings. The first-order valence-corrected chi connectivity index (χ1v) is 9.45. The summed E-state index contributed by atoms with van der Waals surface area (Å²) in [5, 5.41) is 3.18. The van der Waals surface area contributed by atoms with Gasteiger partial charge in [0.1, 0.15) is 5.65 Å². The second kappa shape index (κ2) is 8.64. The zero-order valence-corrected chi connectivity index (χ0v) is 16.0. The highest BCUT2D eigenvalue weighted by atomic mass is 16.5. The summed E-state index contributed by atoms with van der Waals surface area (Å²) in [7, 11) is 1.71. The first-order chi connectivity index (χ1) is 12.6. The third kappa shape index (κ3) is 4.43. The molecule has 0 unspecified atom stereocenters. The van der Waals surface area contributed by atoms with Gasteiger partial charge in [0, 0.05) is 44.0 Å². The molecule has 142 valence electrons. The lowest BCUT2D eigenvalue weighted by atomic mass is 9.92. The summed E-state index contributed by atoms with van der Waals surface area (Å²) in [6.45, 7) is 5.47. The van der Waals surface area contributed by atoms with Crippen molar-refractivity contribution >= 4 is 11.6 Å². The highest BCUT2D eigenvalue weighted by molar-refractivity contribution is 6.00. The van der Waals surface area contributed by atoms with E-state index in [4.69, 9.17) is 9.47 Å². The lowest BCUT2D eigenvalue weighted by molar-refractivity contribution is 0.0131. The Labute approximate surface area is 154 Å². The molecule has 1 N–H and O–H groups in total. The summed E-state index contributed by atoms with van der Waals surface area (Å²) in [5.41, 5.74) is 3.39. The molecule has 0 radical (unpaired) electrons. The van der Waals surface area contributed by atoms with Gasteiger partial charge in [-0.15, -0.1) is 0 Å². The van der Waals surface area contributed by atoms with Crippen LogP contribution >= 0.6 is 0 Å². The van der Waals surface area contributed by atoms with E-state index in [0.29, 0.717) is 11.7 Å². The van der Waals surface area contributed by atoms with Crippen LogP contribution < -0.4 is 5.32 Å². The predicted octanol–water partition coefficient (Wildman–Crippen LogP) is 3.05. The first-order valence-electron chi connectivity index (χ1n) is 9.45. The molecular weight excluding hydrogens is 330 g/mol. The topological polar surface area (TPSA) is 64.9 Å². The Morgan fingerprint density at radius 3 is 2.77 bits per heavy atom. The number of aromatic nitrogens is 2. The molecule has 1 amide bonds. The second-order valence-electron chi connectivity index (χ2n) is 7.13. The molecule has 6 nitrogen and oxygen atoms in total. The Hall–Kier alpha value is -1.92. The van der Waals surface area contributed by atoms with Crippen LogP contribution in [0.1, 0.15) is 53.8 Å². The van der Waals surface area contributed by atoms with Crippen molar-refractivity contribution in [2.75, 3.05) is 20.3 Å². The van der Waals surface area contributed by atoms with Gasteiger partial charge < -0.3 is 19.2 Å². The van der Waals surface area contributed by atoms with Crippen molar-refractivity contribution in [3.05, 3.63) is 35.3 Å². The second-order valence-corrected chi connectivity index (χ2v) is 7.13. The van der Waals surface area contributed by atoms with E-state index < -0.39 is 0 Å². The molecule has 2 aromatic rings. The number of methoxy groups -OCH3 is 1. The number of carbonyl (C=O) groups excluding carboxylic acids is 1. The monoisotopic (exact) mass is 359 g/mol. The van der Waals surface area contributed by atoms with E-state index in [9.17, 15) is 4.79 Å². The van der Waals surface area contributed by atoms with Crippen LogP contribution in [0.3, 0.4) is 0 Å². The van der Waals surface area contributed by atoms with Gasteiger partial charge in [-0.2, -0.15) is 0 Å². The van der Waals surface area contributed by atoms with Gasteiger partial charge in [-0.25, -0.2) is 4.98 Å². The molecule has 2 heterocycles. The van der Waals surface area contributed by atoms with Crippen molar-refractivity contribution in [1.82, 2.24) is 14.7 Å². The lowest BCUT2D eigenvalue weighted by Gasteiger charge is -2.29. The first kappa shape index (κ1) is 18.9. The molecule has 0 aliphatic heterocycles. The number of nitrogens with zero attached hydrogens (tertiary/aromatic N) is 2. The molecule has 2 aromatic heterocycles. The minimum Gasteiger partial charge on any atom is -0.385 e. The number of ether oxygens (including phenoxy) is 2. The van der Waals surface area contributed by atoms with Gasteiger partial charge in [-0.05, 0) is 58.1 Å². The van der Waals surface area contributed by atoms with Crippen LogP contribution in [0.5, 0.6) is 0 Å². The summed E-state index contributed by atoms with van der Waals surface area (Å²) in [6.07, 6.45) is 7.05. The van der Waals surface area contributed by atoms with Crippen LogP contribution in [0.2, 0.25) is 0 Å². The summed E-state index contributed by atoms with van der Waals surface area (Å²) in [6, 6.07) is 4.08. The van der Waals surface area contributed by atoms with E-state index in [1.165, 1.54) is 0 Å². The normalized spacial score (nSPS) is 20.4. The van der Waals surface area contributed by atoms with E-state index in [1.807, 2.05) is 36.6 Å². The van der Waals surface area contributed by atoms with E-state index in [1.54, 1.807) is 7.11 Å². The Kier molecular flexibility index (Phi) is 6.27. The number of aryl methyl sites for hydroxylation is 2. The van der Waals surface area contributed by atoms with Gasteiger partial charge in [-0.1, -0.05) is 0 Å². The number of amides is 1. The maximum Gasteiger partial charge on any atom is 0.255 e. The molecule has 0 saturated heterocycles. The molecule has 1 aliphatic carbocycles. The Morgan fingerprint density at radius 2 is 2.04 bits per heavy atom. The number of fused-ring (bicyclic) bond motifs is 1. The number of hydrogen-bond acceptors (Lipinski definition) is 4. The highest BCUT2D eigenvalue weighted by Crippen LogP contribution is 2.22. The van der Waals surface area contributed by atoms with Crippen LogP contribution in [0.25, 0.3) is 5.65 Å². The minimum absolute atomic E-state index is 0.0329. The molecule has 6 heteroatoms. The number of rotatable bonds is 7. The average Bonchev–Trinajstić information content (AvgIpc) is 3.04. The number of hydrogen-bond donors (Lipinski definition) is 1. The van der Waals surface area contributed by atoms with Crippen LogP contribution in [-0.4, -0.2) is 47.8 Å². The Bertz CT molecular complexity index is 748. The molecule has 3 rings (SSSR count). The molecular formula is C20H29N3O3. The molecule has 0 aromatic carbocycles. The molecule has 0 spiro atoms. The van der Waals surface area contributed by atoms with Crippen molar-refractivity contribution < 1.29 is 14.3 Å². The summed E-state index contributed by atoms with van der Waals surface area (Å²) < 4.78 is 12.9. The van der Waals surface area contributed by atoms with E-state index in [0.717, 1.165) is 62.4 Å². The van der Waals surface area contributed by atoms with E-state index >= 15 is 0 Å². The number of nitrogens with one attached hydrogen (secondary N) is 1. The fraction of sp³-hybridized carbons (Fsp3) is 0.600. The molecule has 1 saturated carbocycles. The Balaban J connectivity index is 1.53. The van der Waals surface area contributed by atoms with Crippen LogP contribution in [-0.2, 0) is 9.47 Å². The van der Waals surface area contributed by atoms with Gasteiger partial charge in [-0.3, -0.25) is 4.79 Å². The Morgan fingerprint density at radius 1 is 1.27 bits per heavy atom. The van der Waals surface area contributed by atoms with E-state index in [-0.39, 0.29) is 11.9 Å². The van der Waals surface area contributed by atoms with Crippen molar-refractivity contribution in [2.24, 2.45) is 0 Å². The standard InChI is InChI=1S/C20H29N3O3/c1-14-13-15(2)23-10-9-18(19(23)21-14)20(24)22-16-5-7-17(8-6-16)26-12-4-11-25-3/h9-10,13,16-17H,4-8,11-12H2,1-3H3,(H,22,24). The van der Waals surface area contributed by atoms with Crippen LogP contribution in [0, 0.1) is 13.8 Å². The maximum absolute atomic E-state index is 12.7. The number of carbonyl (C=O) groups is 1. The van der Waals surface area contributed by atoms with Gasteiger partial charge in [0.25, 0.3) is 5.91 Å². The van der Waals surface area contributed by atoms with Gasteiger partial charge in [0.15, 0.2) is 0 Å². The third-order valence-corrected chi connectivity index (χ3v) is 5.04. The van der Waals surface area contributed by atoms with Crippen molar-refractivity contribution in [1.29, 1.82) is 0 Å². The zero-order chi connectivity index (χ0) is 18.5.